The molecule has 1 aromatic rings. The van der Waals surface area contributed by atoms with E-state index >= 15 is 0 Å². The first kappa shape index (κ1) is 18.4. The molecule has 3 aliphatic heterocycles. The second-order valence-corrected chi connectivity index (χ2v) is 7.28. The number of aromatic nitrogens is 2. The molecule has 4 rings (SSSR count). The Labute approximate surface area is 154 Å². The van der Waals surface area contributed by atoms with Gasteiger partial charge in [0.05, 0.1) is 0 Å². The number of esters is 1. The van der Waals surface area contributed by atoms with E-state index in [4.69, 9.17) is 23.7 Å². The summed E-state index contributed by atoms with van der Waals surface area (Å²) in [5, 5.41) is 0. The third kappa shape index (κ3) is 3.57. The summed E-state index contributed by atoms with van der Waals surface area (Å²) >= 11 is 0. The summed E-state index contributed by atoms with van der Waals surface area (Å²) in [5.41, 5.74) is -1.12. The minimum Gasteiger partial charge on any atom is -0.461 e. The summed E-state index contributed by atoms with van der Waals surface area (Å²) in [5.74, 6) is -1.31. The Bertz CT molecular complexity index is 825. The van der Waals surface area contributed by atoms with Crippen LogP contribution in [0.2, 0.25) is 0 Å². The summed E-state index contributed by atoms with van der Waals surface area (Å²) in [6.07, 6.45) is -0.282. The zero-order valence-corrected chi connectivity index (χ0v) is 15.1. The first-order chi connectivity index (χ1) is 12.8. The molecule has 27 heavy (non-hydrogen) atoms. The van der Waals surface area contributed by atoms with Crippen LogP contribution < -0.4 is 11.2 Å². The van der Waals surface area contributed by atoms with Gasteiger partial charge in [-0.05, 0) is 26.7 Å². The number of ether oxygens (including phenoxy) is 5. The van der Waals surface area contributed by atoms with Crippen LogP contribution in [0.1, 0.15) is 32.9 Å². The number of hydrogen-bond donors (Lipinski definition) is 1. The maximum Gasteiger partial charge on any atom is 0.335 e. The summed E-state index contributed by atoms with van der Waals surface area (Å²) in [7, 11) is 0. The van der Waals surface area contributed by atoms with Gasteiger partial charge in [0.1, 0.15) is 24.9 Å². The van der Waals surface area contributed by atoms with E-state index < -0.39 is 53.6 Å². The average molecular weight is 382 g/mol. The zero-order chi connectivity index (χ0) is 19.2. The Morgan fingerprint density at radius 2 is 2.11 bits per heavy atom. The molecule has 3 aliphatic rings. The van der Waals surface area contributed by atoms with E-state index in [1.807, 2.05) is 0 Å². The second kappa shape index (κ2) is 6.86. The van der Waals surface area contributed by atoms with Crippen molar-refractivity contribution in [2.75, 3.05) is 13.2 Å². The van der Waals surface area contributed by atoms with Gasteiger partial charge in [-0.15, -0.1) is 0 Å². The van der Waals surface area contributed by atoms with Gasteiger partial charge in [0.2, 0.25) is 0 Å². The van der Waals surface area contributed by atoms with Crippen LogP contribution in [0.15, 0.2) is 21.9 Å². The molecular weight excluding hydrogens is 360 g/mol. The Morgan fingerprint density at radius 3 is 2.81 bits per heavy atom. The highest BCUT2D eigenvalue weighted by Gasteiger charge is 2.56. The molecule has 0 aromatic carbocycles. The quantitative estimate of drug-likeness (QED) is 0.704. The fourth-order valence-electron chi connectivity index (χ4n) is 3.67. The molecule has 10 nitrogen and oxygen atoms in total. The smallest absolute Gasteiger partial charge is 0.335 e. The maximum atomic E-state index is 12.2. The molecular formula is C17H22N2O8. The highest BCUT2D eigenvalue weighted by molar-refractivity contribution is 5.74. The number of nitrogens with zero attached hydrogens (tertiary/aromatic N) is 1. The van der Waals surface area contributed by atoms with Crippen molar-refractivity contribution in [1.29, 1.82) is 0 Å². The van der Waals surface area contributed by atoms with Gasteiger partial charge in [0, 0.05) is 18.9 Å². The molecule has 5 atom stereocenters. The third-order valence-electron chi connectivity index (χ3n) is 4.83. The van der Waals surface area contributed by atoms with E-state index in [0.29, 0.717) is 13.0 Å². The molecule has 3 fully saturated rings. The maximum absolute atomic E-state index is 12.2. The van der Waals surface area contributed by atoms with Crippen LogP contribution >= 0.6 is 0 Å². The van der Waals surface area contributed by atoms with Crippen LogP contribution in [0, 0.1) is 0 Å². The predicted octanol–water partition coefficient (Wildman–Crippen LogP) is -0.324. The Hall–Kier alpha value is -2.01. The van der Waals surface area contributed by atoms with Crippen LogP contribution in [-0.4, -0.2) is 58.9 Å². The van der Waals surface area contributed by atoms with Gasteiger partial charge in [0.15, 0.2) is 18.1 Å². The largest absolute Gasteiger partial charge is 0.461 e. The van der Waals surface area contributed by atoms with E-state index in [1.165, 1.54) is 16.8 Å². The fraction of sp³-hybridized carbons (Fsp3) is 0.706. The van der Waals surface area contributed by atoms with E-state index in [0.717, 1.165) is 6.42 Å². The lowest BCUT2D eigenvalue weighted by Crippen LogP contribution is -2.37. The molecule has 0 unspecified atom stereocenters. The predicted molar refractivity (Wildman–Crippen MR) is 89.0 cm³/mol. The summed E-state index contributed by atoms with van der Waals surface area (Å²) in [6.45, 7) is 4.02. The molecule has 0 spiro atoms. The Morgan fingerprint density at radius 1 is 1.33 bits per heavy atom. The van der Waals surface area contributed by atoms with E-state index in [9.17, 15) is 14.4 Å². The normalized spacial score (nSPS) is 34.5. The number of rotatable bonds is 4. The van der Waals surface area contributed by atoms with Gasteiger partial charge in [-0.3, -0.25) is 14.3 Å². The van der Waals surface area contributed by atoms with Crippen molar-refractivity contribution >= 4 is 5.97 Å². The van der Waals surface area contributed by atoms with Gasteiger partial charge in [-0.2, -0.15) is 0 Å². The van der Waals surface area contributed by atoms with E-state index in [2.05, 4.69) is 4.98 Å². The summed E-state index contributed by atoms with van der Waals surface area (Å²) in [4.78, 5) is 37.8. The molecule has 10 heteroatoms. The zero-order valence-electron chi connectivity index (χ0n) is 15.1. The van der Waals surface area contributed by atoms with Gasteiger partial charge < -0.3 is 23.7 Å². The standard InChI is InChI=1S/C17H22N2O8/c1-17(2)26-12-10(8-24-15(21)9-4-3-7-23-9)25-14(13(12)27-17)19-6-5-11(20)18-16(19)22/h5-6,9-10,12-14H,3-4,7-8H2,1-2H3,(H,18,20,22)/t9-,10+,12+,13+,14+/m0/s1. The molecule has 3 saturated heterocycles. The number of hydrogen-bond acceptors (Lipinski definition) is 8. The Balaban J connectivity index is 1.51. The number of aromatic amines is 1. The first-order valence-corrected chi connectivity index (χ1v) is 8.95. The second-order valence-electron chi connectivity index (χ2n) is 7.28. The third-order valence-corrected chi connectivity index (χ3v) is 4.83. The highest BCUT2D eigenvalue weighted by atomic mass is 16.8. The van der Waals surface area contributed by atoms with Gasteiger partial charge in [0.25, 0.3) is 5.56 Å². The van der Waals surface area contributed by atoms with Crippen molar-refractivity contribution in [2.24, 2.45) is 0 Å². The molecule has 0 aliphatic carbocycles. The Kier molecular flexibility index (Phi) is 4.66. The van der Waals surface area contributed by atoms with Crippen molar-refractivity contribution in [3.8, 4) is 0 Å². The SMILES string of the molecule is CC1(C)O[C@@H]2[C@H](O1)[C@@H](COC(=O)[C@@H]1CCCO1)O[C@H]2n1ccc(=O)[nH]c1=O. The molecule has 1 N–H and O–H groups in total. The number of H-pyrrole nitrogens is 1. The lowest BCUT2D eigenvalue weighted by atomic mass is 10.1. The molecule has 4 heterocycles. The monoisotopic (exact) mass is 382 g/mol. The van der Waals surface area contributed by atoms with Crippen LogP contribution in [0.4, 0.5) is 0 Å². The van der Waals surface area contributed by atoms with Crippen LogP contribution in [-0.2, 0) is 28.5 Å². The topological polar surface area (TPSA) is 118 Å². The highest BCUT2D eigenvalue weighted by Crippen LogP contribution is 2.42. The van der Waals surface area contributed by atoms with E-state index in [-0.39, 0.29) is 6.61 Å². The number of carbonyl (C=O) groups is 1. The number of fused-ring (bicyclic) bond motifs is 1. The van der Waals surface area contributed by atoms with Crippen LogP contribution in [0.5, 0.6) is 0 Å². The van der Waals surface area contributed by atoms with Gasteiger partial charge in [-0.1, -0.05) is 0 Å². The molecule has 0 saturated carbocycles. The lowest BCUT2D eigenvalue weighted by molar-refractivity contribution is -0.204. The van der Waals surface area contributed by atoms with Crippen molar-refractivity contribution in [3.63, 3.8) is 0 Å². The van der Waals surface area contributed by atoms with Crippen LogP contribution in [0.25, 0.3) is 0 Å². The molecule has 0 bridgehead atoms. The van der Waals surface area contributed by atoms with Crippen LogP contribution in [0.3, 0.4) is 0 Å². The molecule has 148 valence electrons. The molecule has 0 amide bonds. The molecule has 1 aromatic heterocycles. The van der Waals surface area contributed by atoms with Crippen molar-refractivity contribution in [3.05, 3.63) is 33.1 Å². The van der Waals surface area contributed by atoms with E-state index in [1.54, 1.807) is 13.8 Å². The van der Waals surface area contributed by atoms with Gasteiger partial charge in [-0.25, -0.2) is 9.59 Å². The van der Waals surface area contributed by atoms with Crippen molar-refractivity contribution in [2.45, 2.75) is 63.1 Å². The van der Waals surface area contributed by atoms with Crippen molar-refractivity contribution < 1.29 is 28.5 Å². The number of nitrogens with one attached hydrogen (secondary N) is 1. The summed E-state index contributed by atoms with van der Waals surface area (Å²) in [6, 6.07) is 1.23. The fourth-order valence-corrected chi connectivity index (χ4v) is 3.67. The minimum atomic E-state index is -0.875. The molecule has 0 radical (unpaired) electrons. The summed E-state index contributed by atoms with van der Waals surface area (Å²) < 4.78 is 29.6. The van der Waals surface area contributed by atoms with Crippen molar-refractivity contribution in [1.82, 2.24) is 9.55 Å². The minimum absolute atomic E-state index is 0.0477. The lowest BCUT2D eigenvalue weighted by Gasteiger charge is -2.24. The van der Waals surface area contributed by atoms with Gasteiger partial charge >= 0.3 is 11.7 Å². The average Bonchev–Trinajstić information content (AvgIpc) is 3.29. The number of carbonyl (C=O) groups excluding carboxylic acids is 1. The first-order valence-electron chi connectivity index (χ1n) is 8.95.